The number of anilines is 1. The van der Waals surface area contributed by atoms with E-state index in [0.717, 1.165) is 5.57 Å². The van der Waals surface area contributed by atoms with Gasteiger partial charge in [-0.1, -0.05) is 18.2 Å². The van der Waals surface area contributed by atoms with Crippen LogP contribution in [0.15, 0.2) is 12.9 Å². The van der Waals surface area contributed by atoms with E-state index in [1.165, 1.54) is 6.33 Å². The predicted molar refractivity (Wildman–Crippen MR) is 46.2 cm³/mol. The van der Waals surface area contributed by atoms with Crippen LogP contribution in [0.5, 0.6) is 0 Å². The minimum absolute atomic E-state index is 0.352. The Kier molecular flexibility index (Phi) is 2.10. The van der Waals surface area contributed by atoms with Gasteiger partial charge in [-0.25, -0.2) is 9.97 Å². The largest absolute Gasteiger partial charge is 0.383 e. The highest BCUT2D eigenvalue weighted by Gasteiger charge is 2.06. The van der Waals surface area contributed by atoms with Crippen LogP contribution in [-0.2, 0) is 0 Å². The molecular weight excluding hydrogens is 162 g/mol. The van der Waals surface area contributed by atoms with Gasteiger partial charge < -0.3 is 5.73 Å². The average Bonchev–Trinajstić information content (AvgIpc) is 1.85. The van der Waals surface area contributed by atoms with Crippen LogP contribution < -0.4 is 5.73 Å². The molecule has 0 amide bonds. The van der Waals surface area contributed by atoms with E-state index < -0.39 is 0 Å². The zero-order valence-electron chi connectivity index (χ0n) is 6.13. The van der Waals surface area contributed by atoms with E-state index in [-0.39, 0.29) is 0 Å². The molecule has 0 unspecified atom stereocenters. The molecule has 0 aliphatic carbocycles. The molecule has 0 fully saturated rings. The summed E-state index contributed by atoms with van der Waals surface area (Å²) in [6.07, 6.45) is 1.32. The molecule has 0 saturated heterocycles. The van der Waals surface area contributed by atoms with Crippen LogP contribution in [0.1, 0.15) is 12.5 Å². The van der Waals surface area contributed by atoms with Crippen molar-refractivity contribution in [2.24, 2.45) is 0 Å². The van der Waals surface area contributed by atoms with E-state index >= 15 is 0 Å². The molecule has 11 heavy (non-hydrogen) atoms. The molecule has 0 aromatic carbocycles. The Morgan fingerprint density at radius 3 is 2.64 bits per heavy atom. The number of aromatic nitrogens is 2. The second kappa shape index (κ2) is 2.88. The molecule has 0 spiro atoms. The fraction of sp³-hybridized carbons (Fsp3) is 0.143. The van der Waals surface area contributed by atoms with E-state index in [1.54, 1.807) is 6.92 Å². The highest BCUT2D eigenvalue weighted by atomic mass is 35.5. The second-order valence-corrected chi connectivity index (χ2v) is 2.56. The number of hydrogen-bond acceptors (Lipinski definition) is 3. The molecule has 0 aliphatic heterocycles. The van der Waals surface area contributed by atoms with Crippen LogP contribution in [0.25, 0.3) is 5.57 Å². The van der Waals surface area contributed by atoms with Gasteiger partial charge >= 0.3 is 0 Å². The summed E-state index contributed by atoms with van der Waals surface area (Å²) in [7, 11) is 0. The molecule has 1 aromatic heterocycles. The second-order valence-electron chi connectivity index (χ2n) is 2.21. The molecule has 0 radical (unpaired) electrons. The van der Waals surface area contributed by atoms with Crippen molar-refractivity contribution in [2.45, 2.75) is 6.92 Å². The standard InChI is InChI=1S/C7H8ClN3/c1-4(2)5-6(8)10-3-11-7(5)9/h3H,1H2,2H3,(H2,9,10,11). The first-order chi connectivity index (χ1) is 5.13. The summed E-state index contributed by atoms with van der Waals surface area (Å²) in [5.41, 5.74) is 6.93. The normalized spacial score (nSPS) is 9.64. The molecule has 4 heteroatoms. The summed E-state index contributed by atoms with van der Waals surface area (Å²) >= 11 is 5.73. The van der Waals surface area contributed by atoms with Gasteiger partial charge in [-0.05, 0) is 12.5 Å². The fourth-order valence-electron chi connectivity index (χ4n) is 0.771. The lowest BCUT2D eigenvalue weighted by Crippen LogP contribution is -1.97. The van der Waals surface area contributed by atoms with E-state index in [9.17, 15) is 0 Å². The number of nitrogens with zero attached hydrogens (tertiary/aromatic N) is 2. The summed E-state index contributed by atoms with van der Waals surface area (Å²) in [6, 6.07) is 0. The Morgan fingerprint density at radius 2 is 2.27 bits per heavy atom. The van der Waals surface area contributed by atoms with Crippen molar-refractivity contribution in [3.8, 4) is 0 Å². The average molecular weight is 170 g/mol. The molecule has 0 aliphatic rings. The van der Waals surface area contributed by atoms with Crippen LogP contribution in [0.3, 0.4) is 0 Å². The molecule has 2 N–H and O–H groups in total. The van der Waals surface area contributed by atoms with Gasteiger partial charge in [0, 0.05) is 0 Å². The molecule has 1 rings (SSSR count). The molecule has 1 heterocycles. The van der Waals surface area contributed by atoms with Crippen LogP contribution in [0.4, 0.5) is 5.82 Å². The van der Waals surface area contributed by atoms with Crippen molar-refractivity contribution in [2.75, 3.05) is 5.73 Å². The summed E-state index contributed by atoms with van der Waals surface area (Å²) in [5, 5.41) is 0.352. The van der Waals surface area contributed by atoms with Crippen molar-refractivity contribution >= 4 is 23.0 Å². The van der Waals surface area contributed by atoms with Gasteiger partial charge in [0.05, 0.1) is 5.56 Å². The van der Waals surface area contributed by atoms with E-state index in [4.69, 9.17) is 17.3 Å². The van der Waals surface area contributed by atoms with E-state index in [1.807, 2.05) is 0 Å². The number of nitrogens with two attached hydrogens (primary N) is 1. The van der Waals surface area contributed by atoms with Crippen LogP contribution in [-0.4, -0.2) is 9.97 Å². The van der Waals surface area contributed by atoms with Gasteiger partial charge in [-0.2, -0.15) is 0 Å². The van der Waals surface area contributed by atoms with Crippen LogP contribution in [0.2, 0.25) is 5.15 Å². The lowest BCUT2D eigenvalue weighted by Gasteiger charge is -2.03. The highest BCUT2D eigenvalue weighted by molar-refractivity contribution is 6.31. The molecule has 3 nitrogen and oxygen atoms in total. The maximum absolute atomic E-state index is 5.73. The maximum atomic E-state index is 5.73. The minimum atomic E-state index is 0.352. The SMILES string of the molecule is C=C(C)c1c(N)ncnc1Cl. The van der Waals surface area contributed by atoms with Gasteiger partial charge in [-0.3, -0.25) is 0 Å². The molecule has 58 valence electrons. The van der Waals surface area contributed by atoms with Gasteiger partial charge in [-0.15, -0.1) is 0 Å². The first-order valence-electron chi connectivity index (χ1n) is 3.04. The Balaban J connectivity index is 3.32. The number of rotatable bonds is 1. The predicted octanol–water partition coefficient (Wildman–Crippen LogP) is 1.75. The summed E-state index contributed by atoms with van der Waals surface area (Å²) in [6.45, 7) is 5.51. The van der Waals surface area contributed by atoms with E-state index in [2.05, 4.69) is 16.5 Å². The van der Waals surface area contributed by atoms with E-state index in [0.29, 0.717) is 16.5 Å². The number of hydrogen-bond donors (Lipinski definition) is 1. The molecule has 0 atom stereocenters. The quantitative estimate of drug-likeness (QED) is 0.652. The van der Waals surface area contributed by atoms with Crippen LogP contribution >= 0.6 is 11.6 Å². The maximum Gasteiger partial charge on any atom is 0.142 e. The van der Waals surface area contributed by atoms with Crippen molar-refractivity contribution < 1.29 is 0 Å². The monoisotopic (exact) mass is 169 g/mol. The zero-order chi connectivity index (χ0) is 8.43. The van der Waals surface area contributed by atoms with Crippen LogP contribution in [0, 0.1) is 0 Å². The van der Waals surface area contributed by atoms with Crippen molar-refractivity contribution in [1.29, 1.82) is 0 Å². The minimum Gasteiger partial charge on any atom is -0.383 e. The molecule has 0 bridgehead atoms. The number of halogens is 1. The third kappa shape index (κ3) is 1.49. The van der Waals surface area contributed by atoms with Gasteiger partial charge in [0.15, 0.2) is 0 Å². The Bertz CT molecular complexity index is 275. The fourth-order valence-corrected chi connectivity index (χ4v) is 1.07. The zero-order valence-corrected chi connectivity index (χ0v) is 6.89. The Labute approximate surface area is 69.9 Å². The third-order valence-electron chi connectivity index (χ3n) is 1.26. The lowest BCUT2D eigenvalue weighted by atomic mass is 10.2. The summed E-state index contributed by atoms with van der Waals surface area (Å²) in [5.74, 6) is 0.373. The third-order valence-corrected chi connectivity index (χ3v) is 1.54. The van der Waals surface area contributed by atoms with Crippen molar-refractivity contribution in [3.05, 3.63) is 23.6 Å². The number of nitrogen functional groups attached to an aromatic ring is 1. The number of allylic oxidation sites excluding steroid dienone is 1. The van der Waals surface area contributed by atoms with Crippen molar-refractivity contribution in [1.82, 2.24) is 9.97 Å². The first kappa shape index (κ1) is 8.01. The van der Waals surface area contributed by atoms with Gasteiger partial charge in [0.2, 0.25) is 0 Å². The first-order valence-corrected chi connectivity index (χ1v) is 3.42. The Hall–Kier alpha value is -1.09. The highest BCUT2D eigenvalue weighted by Crippen LogP contribution is 2.23. The lowest BCUT2D eigenvalue weighted by molar-refractivity contribution is 1.16. The summed E-state index contributed by atoms with van der Waals surface area (Å²) < 4.78 is 0. The van der Waals surface area contributed by atoms with Crippen molar-refractivity contribution in [3.63, 3.8) is 0 Å². The molecule has 1 aromatic rings. The van der Waals surface area contributed by atoms with Gasteiger partial charge in [0.1, 0.15) is 17.3 Å². The molecule has 0 saturated carbocycles. The smallest absolute Gasteiger partial charge is 0.142 e. The molecular formula is C7H8ClN3. The Morgan fingerprint density at radius 1 is 1.64 bits per heavy atom. The summed E-state index contributed by atoms with van der Waals surface area (Å²) in [4.78, 5) is 7.56. The topological polar surface area (TPSA) is 51.8 Å². The van der Waals surface area contributed by atoms with Gasteiger partial charge in [0.25, 0.3) is 0 Å².